The average molecular weight is 181 g/mol. The Kier molecular flexibility index (Phi) is 3.94. The normalized spacial score (nSPS) is 23.8. The van der Waals surface area contributed by atoms with E-state index in [1.54, 1.807) is 0 Å². The van der Waals surface area contributed by atoms with Crippen LogP contribution in [0, 0.1) is 12.3 Å². The number of Topliss-reactive ketones (excluding diaryl/α,β-unsaturated/α-hetero) is 1. The predicted molar refractivity (Wildman–Crippen MR) is 50.3 cm³/mol. The molecule has 1 unspecified atom stereocenters. The number of terminal acetylenes is 1. The van der Waals surface area contributed by atoms with Crippen LogP contribution in [0.1, 0.15) is 13.3 Å². The number of carbonyl (C=O) groups excluding carboxylic acids is 1. The summed E-state index contributed by atoms with van der Waals surface area (Å²) in [5.74, 6) is 2.38. The fraction of sp³-hybridized carbons (Fsp3) is 0.700. The van der Waals surface area contributed by atoms with Gasteiger partial charge in [-0.2, -0.15) is 0 Å². The second-order valence-electron chi connectivity index (χ2n) is 3.10. The van der Waals surface area contributed by atoms with E-state index in [0.717, 1.165) is 13.1 Å². The van der Waals surface area contributed by atoms with E-state index in [-0.39, 0.29) is 18.3 Å². The Balaban J connectivity index is 2.42. The van der Waals surface area contributed by atoms with Gasteiger partial charge in [0.15, 0.2) is 5.78 Å². The Morgan fingerprint density at radius 3 is 3.15 bits per heavy atom. The summed E-state index contributed by atoms with van der Waals surface area (Å²) in [6, 6.07) is 0. The van der Waals surface area contributed by atoms with E-state index in [9.17, 15) is 4.79 Å². The van der Waals surface area contributed by atoms with Gasteiger partial charge in [-0.1, -0.05) is 12.8 Å². The Hall–Kier alpha value is -0.850. The molecule has 0 amide bonds. The average Bonchev–Trinajstić information content (AvgIpc) is 2.18. The van der Waals surface area contributed by atoms with E-state index in [4.69, 9.17) is 11.2 Å². The zero-order chi connectivity index (χ0) is 9.68. The second kappa shape index (κ2) is 5.00. The lowest BCUT2D eigenvalue weighted by molar-refractivity contribution is -0.135. The van der Waals surface area contributed by atoms with Crippen molar-refractivity contribution in [1.82, 2.24) is 4.90 Å². The molecule has 0 saturated carbocycles. The smallest absolute Gasteiger partial charge is 0.174 e. The van der Waals surface area contributed by atoms with E-state index < -0.39 is 0 Å². The predicted octanol–water partition coefficient (Wildman–Crippen LogP) is 0.299. The lowest BCUT2D eigenvalue weighted by Gasteiger charge is -2.30. The summed E-state index contributed by atoms with van der Waals surface area (Å²) >= 11 is 0. The molecule has 0 aromatic carbocycles. The van der Waals surface area contributed by atoms with Crippen molar-refractivity contribution in [3.05, 3.63) is 0 Å². The first kappa shape index (κ1) is 10.2. The quantitative estimate of drug-likeness (QED) is 0.586. The van der Waals surface area contributed by atoms with Crippen molar-refractivity contribution in [3.63, 3.8) is 0 Å². The zero-order valence-corrected chi connectivity index (χ0v) is 7.95. The fourth-order valence-corrected chi connectivity index (χ4v) is 1.40. The molecule has 1 aliphatic heterocycles. The lowest BCUT2D eigenvalue weighted by Crippen LogP contribution is -2.45. The fourth-order valence-electron chi connectivity index (χ4n) is 1.40. The first-order valence-electron chi connectivity index (χ1n) is 4.58. The minimum Gasteiger partial charge on any atom is -0.368 e. The van der Waals surface area contributed by atoms with E-state index in [2.05, 4.69) is 17.7 Å². The third kappa shape index (κ3) is 2.83. The monoisotopic (exact) mass is 181 g/mol. The van der Waals surface area contributed by atoms with Gasteiger partial charge in [0.2, 0.25) is 0 Å². The highest BCUT2D eigenvalue weighted by molar-refractivity contribution is 5.85. The number of carbonyl (C=O) groups is 1. The van der Waals surface area contributed by atoms with Crippen LogP contribution in [-0.2, 0) is 9.53 Å². The Morgan fingerprint density at radius 2 is 2.54 bits per heavy atom. The molecule has 3 heteroatoms. The standard InChI is InChI=1S/C10H15NO2/c1-3-5-9(12)10-8-11(4-2)6-7-13-10/h1,10H,4-8H2,2H3. The summed E-state index contributed by atoms with van der Waals surface area (Å²) in [6.07, 6.45) is 4.94. The van der Waals surface area contributed by atoms with Crippen LogP contribution in [0.3, 0.4) is 0 Å². The number of nitrogens with zero attached hydrogens (tertiary/aromatic N) is 1. The maximum Gasteiger partial charge on any atom is 0.174 e. The first-order chi connectivity index (χ1) is 6.27. The summed E-state index contributed by atoms with van der Waals surface area (Å²) in [7, 11) is 0. The first-order valence-corrected chi connectivity index (χ1v) is 4.58. The molecule has 3 nitrogen and oxygen atoms in total. The van der Waals surface area contributed by atoms with Gasteiger partial charge in [0.1, 0.15) is 6.10 Å². The number of ketones is 1. The van der Waals surface area contributed by atoms with E-state index >= 15 is 0 Å². The molecule has 1 aliphatic rings. The number of hydrogen-bond acceptors (Lipinski definition) is 3. The van der Waals surface area contributed by atoms with Crippen molar-refractivity contribution in [2.24, 2.45) is 0 Å². The number of hydrogen-bond donors (Lipinski definition) is 0. The summed E-state index contributed by atoms with van der Waals surface area (Å²) in [6.45, 7) is 5.28. The molecule has 0 aromatic heterocycles. The third-order valence-corrected chi connectivity index (χ3v) is 2.23. The number of ether oxygens (including phenoxy) is 1. The van der Waals surface area contributed by atoms with Gasteiger partial charge in [-0.15, -0.1) is 6.42 Å². The van der Waals surface area contributed by atoms with Crippen molar-refractivity contribution < 1.29 is 9.53 Å². The van der Waals surface area contributed by atoms with Gasteiger partial charge in [0.05, 0.1) is 13.0 Å². The molecule has 1 fully saturated rings. The molecule has 13 heavy (non-hydrogen) atoms. The summed E-state index contributed by atoms with van der Waals surface area (Å²) < 4.78 is 5.34. The molecular formula is C10H15NO2. The van der Waals surface area contributed by atoms with E-state index in [1.807, 2.05) is 0 Å². The van der Waals surface area contributed by atoms with Crippen LogP contribution in [0.5, 0.6) is 0 Å². The van der Waals surface area contributed by atoms with Crippen LogP contribution in [0.2, 0.25) is 0 Å². The SMILES string of the molecule is C#CCC(=O)C1CN(CC)CCO1. The Bertz CT molecular complexity index is 219. The van der Waals surface area contributed by atoms with Crippen molar-refractivity contribution in [1.29, 1.82) is 0 Å². The maximum absolute atomic E-state index is 11.4. The highest BCUT2D eigenvalue weighted by Gasteiger charge is 2.24. The molecule has 0 bridgehead atoms. The summed E-state index contributed by atoms with van der Waals surface area (Å²) in [5.41, 5.74) is 0. The number of likely N-dealkylation sites (N-methyl/N-ethyl adjacent to an activating group) is 1. The molecule has 0 aromatic rings. The zero-order valence-electron chi connectivity index (χ0n) is 7.95. The van der Waals surface area contributed by atoms with E-state index in [0.29, 0.717) is 13.2 Å². The molecule has 1 saturated heterocycles. The summed E-state index contributed by atoms with van der Waals surface area (Å²) in [5, 5.41) is 0. The lowest BCUT2D eigenvalue weighted by atomic mass is 10.1. The van der Waals surface area contributed by atoms with Crippen LogP contribution in [-0.4, -0.2) is 43.0 Å². The van der Waals surface area contributed by atoms with E-state index in [1.165, 1.54) is 0 Å². The van der Waals surface area contributed by atoms with Crippen molar-refractivity contribution in [2.45, 2.75) is 19.4 Å². The second-order valence-corrected chi connectivity index (χ2v) is 3.10. The van der Waals surface area contributed by atoms with Crippen LogP contribution in [0.25, 0.3) is 0 Å². The highest BCUT2D eigenvalue weighted by atomic mass is 16.5. The highest BCUT2D eigenvalue weighted by Crippen LogP contribution is 2.06. The Labute approximate surface area is 79.1 Å². The van der Waals surface area contributed by atoms with Gasteiger partial charge in [0.25, 0.3) is 0 Å². The minimum absolute atomic E-state index is 0.0284. The molecule has 0 radical (unpaired) electrons. The molecule has 0 N–H and O–H groups in total. The van der Waals surface area contributed by atoms with Gasteiger partial charge in [0, 0.05) is 13.1 Å². The third-order valence-electron chi connectivity index (χ3n) is 2.23. The minimum atomic E-state index is -0.301. The molecule has 1 rings (SSSR count). The van der Waals surface area contributed by atoms with Gasteiger partial charge >= 0.3 is 0 Å². The molecule has 1 atom stereocenters. The molecule has 0 aliphatic carbocycles. The van der Waals surface area contributed by atoms with Crippen molar-refractivity contribution in [3.8, 4) is 12.3 Å². The van der Waals surface area contributed by atoms with Crippen LogP contribution in [0.4, 0.5) is 0 Å². The number of rotatable bonds is 3. The van der Waals surface area contributed by atoms with Crippen LogP contribution >= 0.6 is 0 Å². The molecule has 1 heterocycles. The van der Waals surface area contributed by atoms with Crippen molar-refractivity contribution in [2.75, 3.05) is 26.2 Å². The van der Waals surface area contributed by atoms with Crippen LogP contribution < -0.4 is 0 Å². The van der Waals surface area contributed by atoms with Crippen LogP contribution in [0.15, 0.2) is 0 Å². The van der Waals surface area contributed by atoms with Gasteiger partial charge in [-0.25, -0.2) is 0 Å². The van der Waals surface area contributed by atoms with Gasteiger partial charge in [-0.05, 0) is 6.54 Å². The topological polar surface area (TPSA) is 29.5 Å². The molecular weight excluding hydrogens is 166 g/mol. The maximum atomic E-state index is 11.4. The number of morpholine rings is 1. The van der Waals surface area contributed by atoms with Crippen molar-refractivity contribution >= 4 is 5.78 Å². The van der Waals surface area contributed by atoms with Gasteiger partial charge in [-0.3, -0.25) is 9.69 Å². The molecule has 0 spiro atoms. The van der Waals surface area contributed by atoms with Gasteiger partial charge < -0.3 is 4.74 Å². The molecule has 72 valence electrons. The summed E-state index contributed by atoms with van der Waals surface area (Å²) in [4.78, 5) is 13.6. The largest absolute Gasteiger partial charge is 0.368 e. The Morgan fingerprint density at radius 1 is 1.77 bits per heavy atom.